The van der Waals surface area contributed by atoms with Crippen molar-refractivity contribution in [2.24, 2.45) is 0 Å². The van der Waals surface area contributed by atoms with Gasteiger partial charge in [-0.15, -0.1) is 0 Å². The van der Waals surface area contributed by atoms with E-state index in [9.17, 15) is 4.79 Å². The first-order chi connectivity index (χ1) is 15.5. The van der Waals surface area contributed by atoms with Crippen LogP contribution in [-0.2, 0) is 19.9 Å². The summed E-state index contributed by atoms with van der Waals surface area (Å²) in [5.74, 6) is 1.45. The van der Waals surface area contributed by atoms with Crippen LogP contribution in [0, 0.1) is 0 Å². The lowest BCUT2D eigenvalue weighted by atomic mass is 9.99. The lowest BCUT2D eigenvalue weighted by molar-refractivity contribution is -0.137. The number of aromatic nitrogens is 4. The molecular formula is C22H24FN5O4. The fourth-order valence-corrected chi connectivity index (χ4v) is 3.70. The summed E-state index contributed by atoms with van der Waals surface area (Å²) in [6.07, 6.45) is 3.83. The second-order valence-corrected chi connectivity index (χ2v) is 8.18. The molecule has 168 valence electrons. The molecule has 0 atom stereocenters. The molecule has 5 rings (SSSR count). The van der Waals surface area contributed by atoms with Crippen molar-refractivity contribution in [2.75, 3.05) is 38.9 Å². The number of carbonyl (C=O) groups is 1. The minimum Gasteiger partial charge on any atom is -0.491 e. The van der Waals surface area contributed by atoms with Crippen molar-refractivity contribution in [1.29, 1.82) is 0 Å². The molecule has 0 aromatic carbocycles. The molecule has 9 nitrogen and oxygen atoms in total. The van der Waals surface area contributed by atoms with E-state index in [1.165, 1.54) is 6.92 Å². The zero-order valence-electron chi connectivity index (χ0n) is 17.9. The fraction of sp³-hybridized carbons (Fsp3) is 0.455. The number of hydrogen-bond donors (Lipinski definition) is 1. The molecule has 0 unspecified atom stereocenters. The van der Waals surface area contributed by atoms with E-state index in [2.05, 4.69) is 15.3 Å². The highest BCUT2D eigenvalue weighted by molar-refractivity contribution is 5.91. The Morgan fingerprint density at radius 3 is 2.78 bits per heavy atom. The van der Waals surface area contributed by atoms with E-state index in [4.69, 9.17) is 19.3 Å². The van der Waals surface area contributed by atoms with Crippen LogP contribution in [0.5, 0.6) is 5.75 Å². The Bertz CT molecular complexity index is 1170. The minimum absolute atomic E-state index is 0.0509. The largest absolute Gasteiger partial charge is 0.491 e. The van der Waals surface area contributed by atoms with Gasteiger partial charge >= 0.3 is 0 Å². The monoisotopic (exact) mass is 441 g/mol. The first kappa shape index (κ1) is 20.8. The predicted molar refractivity (Wildman–Crippen MR) is 114 cm³/mol. The van der Waals surface area contributed by atoms with Crippen LogP contribution in [0.4, 0.5) is 10.2 Å². The topological polar surface area (TPSA) is 100 Å². The van der Waals surface area contributed by atoms with E-state index in [0.29, 0.717) is 36.5 Å². The van der Waals surface area contributed by atoms with Crippen molar-refractivity contribution in [3.63, 3.8) is 0 Å². The molecule has 1 N–H and O–H groups in total. The molecule has 1 aliphatic heterocycles. The first-order valence-electron chi connectivity index (χ1n) is 10.5. The number of nitrogens with one attached hydrogen (secondary N) is 1. The number of amides is 1. The lowest BCUT2D eigenvalue weighted by Gasteiger charge is -2.33. The molecule has 0 radical (unpaired) electrons. The highest BCUT2D eigenvalue weighted by Crippen LogP contribution is 2.43. The summed E-state index contributed by atoms with van der Waals surface area (Å²) < 4.78 is 32.8. The molecule has 1 amide bonds. The predicted octanol–water partition coefficient (Wildman–Crippen LogP) is 2.87. The van der Waals surface area contributed by atoms with Gasteiger partial charge in [0.2, 0.25) is 5.91 Å². The van der Waals surface area contributed by atoms with E-state index in [1.54, 1.807) is 36.2 Å². The Morgan fingerprint density at radius 1 is 1.31 bits per heavy atom. The molecule has 10 heteroatoms. The molecule has 1 saturated carbocycles. The Hall–Kier alpha value is -3.11. The van der Waals surface area contributed by atoms with Gasteiger partial charge in [0.1, 0.15) is 18.2 Å². The zero-order chi connectivity index (χ0) is 22.3. The van der Waals surface area contributed by atoms with Gasteiger partial charge in [-0.25, -0.2) is 19.0 Å². The van der Waals surface area contributed by atoms with Crippen molar-refractivity contribution in [1.82, 2.24) is 19.7 Å². The first-order valence-corrected chi connectivity index (χ1v) is 10.5. The third-order valence-electron chi connectivity index (χ3n) is 5.54. The fourth-order valence-electron chi connectivity index (χ4n) is 3.70. The summed E-state index contributed by atoms with van der Waals surface area (Å²) in [6, 6.07) is 5.08. The van der Waals surface area contributed by atoms with E-state index < -0.39 is 5.67 Å². The summed E-state index contributed by atoms with van der Waals surface area (Å²) in [4.78, 5) is 20.5. The maximum absolute atomic E-state index is 15.2. The second-order valence-electron chi connectivity index (χ2n) is 8.18. The third kappa shape index (κ3) is 3.91. The van der Waals surface area contributed by atoms with E-state index in [1.807, 2.05) is 0 Å². The van der Waals surface area contributed by atoms with E-state index in [0.717, 1.165) is 29.4 Å². The number of anilines is 1. The lowest BCUT2D eigenvalue weighted by Crippen LogP contribution is -2.43. The van der Waals surface area contributed by atoms with Gasteiger partial charge in [-0.1, -0.05) is 0 Å². The van der Waals surface area contributed by atoms with Gasteiger partial charge in [-0.2, -0.15) is 5.10 Å². The summed E-state index contributed by atoms with van der Waals surface area (Å²) in [5.41, 5.74) is 0.232. The molecule has 3 aromatic heterocycles. The average molecular weight is 441 g/mol. The summed E-state index contributed by atoms with van der Waals surface area (Å²) in [6.45, 7) is 2.04. The molecule has 0 bridgehead atoms. The van der Waals surface area contributed by atoms with Crippen LogP contribution in [0.2, 0.25) is 0 Å². The SMILES string of the molecule is COCCOc1cc(-n2nc(C3CC3)c3cnc(NC(C)=O)cc32)nc(C2(F)COC2)c1. The van der Waals surface area contributed by atoms with Crippen molar-refractivity contribution in [3.8, 4) is 11.6 Å². The van der Waals surface area contributed by atoms with Crippen LogP contribution in [0.1, 0.15) is 37.1 Å². The van der Waals surface area contributed by atoms with E-state index >= 15 is 4.39 Å². The average Bonchev–Trinajstić information content (AvgIpc) is 3.52. The number of carbonyl (C=O) groups excluding carboxylic acids is 1. The van der Waals surface area contributed by atoms with Gasteiger partial charge in [-0.05, 0) is 12.8 Å². The number of alkyl halides is 1. The second kappa shape index (κ2) is 8.10. The number of nitrogens with zero attached hydrogens (tertiary/aromatic N) is 4. The normalized spacial score (nSPS) is 17.2. The number of hydrogen-bond acceptors (Lipinski definition) is 7. The maximum Gasteiger partial charge on any atom is 0.222 e. The number of ether oxygens (including phenoxy) is 3. The number of methoxy groups -OCH3 is 1. The van der Waals surface area contributed by atoms with Crippen LogP contribution >= 0.6 is 0 Å². The molecule has 2 aliphatic rings. The quantitative estimate of drug-likeness (QED) is 0.537. The standard InChI is InChI=1S/C22H24FN5O4/c1-13(29)25-19-9-17-16(10-24-19)21(14-3-4-14)27-28(17)20-8-15(32-6-5-30-2)7-18(26-20)22(23)11-31-12-22/h7-10,14H,3-6,11-12H2,1-2H3,(H,24,25,29). The number of fused-ring (bicyclic) bond motifs is 1. The van der Waals surface area contributed by atoms with Crippen molar-refractivity contribution >= 4 is 22.6 Å². The number of halogens is 1. The van der Waals surface area contributed by atoms with Crippen molar-refractivity contribution in [2.45, 2.75) is 31.4 Å². The highest BCUT2D eigenvalue weighted by Gasteiger charge is 2.43. The molecule has 32 heavy (non-hydrogen) atoms. The summed E-state index contributed by atoms with van der Waals surface area (Å²) >= 11 is 0. The number of rotatable bonds is 8. The van der Waals surface area contributed by atoms with E-state index in [-0.39, 0.29) is 24.8 Å². The van der Waals surface area contributed by atoms with Crippen LogP contribution in [0.3, 0.4) is 0 Å². The highest BCUT2D eigenvalue weighted by atomic mass is 19.1. The van der Waals surface area contributed by atoms with Gasteiger partial charge in [0.25, 0.3) is 0 Å². The van der Waals surface area contributed by atoms with Crippen LogP contribution in [0.25, 0.3) is 16.7 Å². The van der Waals surface area contributed by atoms with Gasteiger partial charge in [0.05, 0.1) is 36.7 Å². The minimum atomic E-state index is -1.67. The Morgan fingerprint density at radius 2 is 2.12 bits per heavy atom. The molecular weight excluding hydrogens is 417 g/mol. The molecule has 4 heterocycles. The Kier molecular flexibility index (Phi) is 5.26. The Balaban J connectivity index is 1.63. The maximum atomic E-state index is 15.2. The molecule has 1 aliphatic carbocycles. The molecule has 2 fully saturated rings. The molecule has 1 saturated heterocycles. The smallest absolute Gasteiger partial charge is 0.222 e. The Labute approximate surface area is 183 Å². The van der Waals surface area contributed by atoms with Crippen molar-refractivity contribution < 1.29 is 23.4 Å². The summed E-state index contributed by atoms with van der Waals surface area (Å²) in [5, 5.41) is 8.40. The number of pyridine rings is 2. The zero-order valence-corrected chi connectivity index (χ0v) is 17.9. The van der Waals surface area contributed by atoms with Gasteiger partial charge in [0.15, 0.2) is 11.5 Å². The van der Waals surface area contributed by atoms with Crippen LogP contribution in [0.15, 0.2) is 24.4 Å². The van der Waals surface area contributed by atoms with Gasteiger partial charge in [0, 0.05) is 49.7 Å². The van der Waals surface area contributed by atoms with Crippen LogP contribution < -0.4 is 10.1 Å². The van der Waals surface area contributed by atoms with Crippen molar-refractivity contribution in [3.05, 3.63) is 35.8 Å². The van der Waals surface area contributed by atoms with Gasteiger partial charge in [-0.3, -0.25) is 4.79 Å². The van der Waals surface area contributed by atoms with Gasteiger partial charge < -0.3 is 19.5 Å². The molecule has 0 spiro atoms. The third-order valence-corrected chi connectivity index (χ3v) is 5.54. The molecule has 3 aromatic rings. The summed E-state index contributed by atoms with van der Waals surface area (Å²) in [7, 11) is 1.59. The van der Waals surface area contributed by atoms with Crippen LogP contribution in [-0.4, -0.2) is 59.2 Å².